The molecule has 0 aromatic heterocycles. The van der Waals surface area contributed by atoms with Gasteiger partial charge < -0.3 is 9.47 Å². The van der Waals surface area contributed by atoms with Crippen molar-refractivity contribution in [3.63, 3.8) is 0 Å². The van der Waals surface area contributed by atoms with Crippen molar-refractivity contribution in [1.82, 2.24) is 0 Å². The topological polar surface area (TPSA) is 35.5 Å². The van der Waals surface area contributed by atoms with Gasteiger partial charge in [0.15, 0.2) is 0 Å². The van der Waals surface area contributed by atoms with Gasteiger partial charge in [-0.05, 0) is 31.1 Å². The molecule has 0 aliphatic heterocycles. The van der Waals surface area contributed by atoms with E-state index in [1.54, 1.807) is 0 Å². The molecule has 0 amide bonds. The first-order chi connectivity index (χ1) is 7.50. The highest BCUT2D eigenvalue weighted by molar-refractivity contribution is 5.71. The van der Waals surface area contributed by atoms with Gasteiger partial charge in [0.05, 0.1) is 0 Å². The van der Waals surface area contributed by atoms with E-state index < -0.39 is 0 Å². The van der Waals surface area contributed by atoms with Crippen molar-refractivity contribution in [2.24, 2.45) is 11.8 Å². The van der Waals surface area contributed by atoms with Gasteiger partial charge in [-0.1, -0.05) is 27.2 Å². The van der Waals surface area contributed by atoms with Crippen LogP contribution in [0.1, 0.15) is 46.5 Å². The molecule has 3 heteroatoms. The summed E-state index contributed by atoms with van der Waals surface area (Å²) in [6.07, 6.45) is 4.38. The summed E-state index contributed by atoms with van der Waals surface area (Å²) in [6, 6.07) is 0. The van der Waals surface area contributed by atoms with Crippen LogP contribution in [0.3, 0.4) is 0 Å². The van der Waals surface area contributed by atoms with Crippen LogP contribution in [0.2, 0.25) is 0 Å². The van der Waals surface area contributed by atoms with E-state index in [-0.39, 0.29) is 18.2 Å². The lowest BCUT2D eigenvalue weighted by molar-refractivity contribution is -0.175. The molecule has 0 unspecified atom stereocenters. The number of carbonyl (C=O) groups excluding carboxylic acids is 1. The smallest absolute Gasteiger partial charge is 0.332 e. The summed E-state index contributed by atoms with van der Waals surface area (Å²) in [5, 5.41) is 0. The fourth-order valence-electron chi connectivity index (χ4n) is 2.65. The second kappa shape index (κ2) is 5.67. The van der Waals surface area contributed by atoms with Crippen LogP contribution in [0, 0.1) is 11.8 Å². The Morgan fingerprint density at radius 2 is 2.19 bits per heavy atom. The van der Waals surface area contributed by atoms with E-state index in [4.69, 9.17) is 9.47 Å². The Labute approximate surface area is 98.5 Å². The third-order valence-corrected chi connectivity index (χ3v) is 3.62. The van der Waals surface area contributed by atoms with Gasteiger partial charge in [-0.3, -0.25) is 0 Å². The van der Waals surface area contributed by atoms with Crippen LogP contribution in [-0.2, 0) is 14.3 Å². The molecule has 0 bridgehead atoms. The molecular formula is C13H24O3. The van der Waals surface area contributed by atoms with E-state index >= 15 is 0 Å². The van der Waals surface area contributed by atoms with Gasteiger partial charge in [-0.15, -0.1) is 0 Å². The number of methoxy groups -OCH3 is 1. The van der Waals surface area contributed by atoms with E-state index in [1.807, 2.05) is 0 Å². The highest BCUT2D eigenvalue weighted by Crippen LogP contribution is 2.40. The Hall–Kier alpha value is -0.570. The molecular weight excluding hydrogens is 204 g/mol. The van der Waals surface area contributed by atoms with Crippen LogP contribution < -0.4 is 0 Å². The van der Waals surface area contributed by atoms with E-state index in [1.165, 1.54) is 13.5 Å². The van der Waals surface area contributed by atoms with Crippen molar-refractivity contribution in [3.8, 4) is 0 Å². The van der Waals surface area contributed by atoms with Crippen molar-refractivity contribution in [2.75, 3.05) is 13.7 Å². The minimum absolute atomic E-state index is 0.0584. The molecule has 0 aromatic rings. The summed E-state index contributed by atoms with van der Waals surface area (Å²) >= 11 is 0. The molecule has 0 spiro atoms. The third kappa shape index (κ3) is 3.21. The molecule has 0 radical (unpaired) electrons. The zero-order chi connectivity index (χ0) is 12.2. The molecule has 0 saturated heterocycles. The second-order valence-electron chi connectivity index (χ2n) is 5.33. The average Bonchev–Trinajstić information content (AvgIpc) is 2.17. The summed E-state index contributed by atoms with van der Waals surface area (Å²) in [5.74, 6) is 0.785. The molecule has 94 valence electrons. The first-order valence-corrected chi connectivity index (χ1v) is 6.21. The number of hydrogen-bond donors (Lipinski definition) is 0. The Morgan fingerprint density at radius 1 is 1.50 bits per heavy atom. The van der Waals surface area contributed by atoms with Crippen molar-refractivity contribution >= 4 is 5.97 Å². The maximum absolute atomic E-state index is 11.6. The standard InChI is InChI=1S/C13H24O3/c1-10(2)13(16-12(14)9-15-4)7-5-6-11(3)8-13/h10-11H,5-9H2,1-4H3/t11-,13-/m1/s1. The summed E-state index contributed by atoms with van der Waals surface area (Å²) in [5.41, 5.74) is -0.257. The molecule has 16 heavy (non-hydrogen) atoms. The van der Waals surface area contributed by atoms with Crippen molar-refractivity contribution in [1.29, 1.82) is 0 Å². The largest absolute Gasteiger partial charge is 0.457 e. The number of ether oxygens (including phenoxy) is 2. The second-order valence-corrected chi connectivity index (χ2v) is 5.33. The molecule has 3 nitrogen and oxygen atoms in total. The van der Waals surface area contributed by atoms with Crippen LogP contribution in [0.5, 0.6) is 0 Å². The number of rotatable bonds is 4. The predicted octanol–water partition coefficient (Wildman–Crippen LogP) is 2.78. The van der Waals surface area contributed by atoms with Gasteiger partial charge in [0.2, 0.25) is 0 Å². The Bertz CT molecular complexity index is 237. The maximum atomic E-state index is 11.6. The number of esters is 1. The van der Waals surface area contributed by atoms with Gasteiger partial charge in [-0.2, -0.15) is 0 Å². The normalized spacial score (nSPS) is 30.4. The van der Waals surface area contributed by atoms with Crippen LogP contribution in [0.15, 0.2) is 0 Å². The predicted molar refractivity (Wildman–Crippen MR) is 63.2 cm³/mol. The Kier molecular flexibility index (Phi) is 4.78. The van der Waals surface area contributed by atoms with Gasteiger partial charge >= 0.3 is 5.97 Å². The maximum Gasteiger partial charge on any atom is 0.332 e. The fraction of sp³-hybridized carbons (Fsp3) is 0.923. The molecule has 0 heterocycles. The first kappa shape index (κ1) is 13.5. The Balaban J connectivity index is 2.68. The highest BCUT2D eigenvalue weighted by Gasteiger charge is 2.41. The van der Waals surface area contributed by atoms with Crippen LogP contribution >= 0.6 is 0 Å². The minimum atomic E-state index is -0.257. The van der Waals surface area contributed by atoms with Gasteiger partial charge in [-0.25, -0.2) is 4.79 Å². The number of hydrogen-bond acceptors (Lipinski definition) is 3. The lowest BCUT2D eigenvalue weighted by Crippen LogP contribution is -2.44. The first-order valence-electron chi connectivity index (χ1n) is 6.21. The van der Waals surface area contributed by atoms with Crippen LogP contribution in [0.4, 0.5) is 0 Å². The zero-order valence-corrected chi connectivity index (χ0v) is 10.9. The van der Waals surface area contributed by atoms with Gasteiger partial charge in [0.25, 0.3) is 0 Å². The summed E-state index contributed by atoms with van der Waals surface area (Å²) in [6.45, 7) is 6.57. The summed E-state index contributed by atoms with van der Waals surface area (Å²) in [4.78, 5) is 11.6. The Morgan fingerprint density at radius 3 is 2.69 bits per heavy atom. The zero-order valence-electron chi connectivity index (χ0n) is 10.9. The van der Waals surface area contributed by atoms with E-state index in [0.717, 1.165) is 19.3 Å². The van der Waals surface area contributed by atoms with Crippen molar-refractivity contribution in [3.05, 3.63) is 0 Å². The van der Waals surface area contributed by atoms with Gasteiger partial charge in [0.1, 0.15) is 12.2 Å². The monoisotopic (exact) mass is 228 g/mol. The van der Waals surface area contributed by atoms with E-state index in [2.05, 4.69) is 20.8 Å². The molecule has 1 rings (SSSR count). The fourth-order valence-corrected chi connectivity index (χ4v) is 2.65. The average molecular weight is 228 g/mol. The van der Waals surface area contributed by atoms with Gasteiger partial charge in [0, 0.05) is 7.11 Å². The van der Waals surface area contributed by atoms with Crippen LogP contribution in [-0.4, -0.2) is 25.3 Å². The molecule has 0 aromatic carbocycles. The quantitative estimate of drug-likeness (QED) is 0.694. The SMILES string of the molecule is COCC(=O)O[C@]1(C(C)C)CCC[C@@H](C)C1. The van der Waals surface area contributed by atoms with E-state index in [0.29, 0.717) is 11.8 Å². The molecule has 1 aliphatic rings. The van der Waals surface area contributed by atoms with Crippen molar-refractivity contribution < 1.29 is 14.3 Å². The molecule has 1 aliphatic carbocycles. The lowest BCUT2D eigenvalue weighted by atomic mass is 9.73. The van der Waals surface area contributed by atoms with Crippen molar-refractivity contribution in [2.45, 2.75) is 52.1 Å². The minimum Gasteiger partial charge on any atom is -0.457 e. The third-order valence-electron chi connectivity index (χ3n) is 3.62. The molecule has 0 N–H and O–H groups in total. The molecule has 2 atom stereocenters. The van der Waals surface area contributed by atoms with E-state index in [9.17, 15) is 4.79 Å². The summed E-state index contributed by atoms with van der Waals surface area (Å²) < 4.78 is 10.5. The number of carbonyl (C=O) groups is 1. The molecule has 1 saturated carbocycles. The van der Waals surface area contributed by atoms with Crippen LogP contribution in [0.25, 0.3) is 0 Å². The highest BCUT2D eigenvalue weighted by atomic mass is 16.6. The molecule has 1 fully saturated rings. The lowest BCUT2D eigenvalue weighted by Gasteiger charge is -2.42. The summed E-state index contributed by atoms with van der Waals surface area (Å²) in [7, 11) is 1.52.